The molecule has 1 fully saturated rings. The second-order valence-corrected chi connectivity index (χ2v) is 5.78. The maximum atomic E-state index is 11.9. The summed E-state index contributed by atoms with van der Waals surface area (Å²) in [6.07, 6.45) is 3.15. The molecular formula is C17H27N3O. The highest BCUT2D eigenvalue weighted by molar-refractivity contribution is 5.81. The van der Waals surface area contributed by atoms with Gasteiger partial charge in [-0.15, -0.1) is 0 Å². The number of piperidine rings is 1. The highest BCUT2D eigenvalue weighted by Gasteiger charge is 2.22. The molecule has 1 aliphatic heterocycles. The Bertz CT molecular complexity index is 427. The summed E-state index contributed by atoms with van der Waals surface area (Å²) in [5.41, 5.74) is 1.30. The number of anilines is 1. The average molecular weight is 289 g/mol. The third kappa shape index (κ3) is 4.74. The number of nitrogens with one attached hydrogen (secondary N) is 2. The van der Waals surface area contributed by atoms with Crippen LogP contribution in [0.1, 0.15) is 33.1 Å². The fourth-order valence-corrected chi connectivity index (χ4v) is 2.77. The van der Waals surface area contributed by atoms with Crippen molar-refractivity contribution in [2.75, 3.05) is 24.5 Å². The molecule has 1 amide bonds. The second-order valence-electron chi connectivity index (χ2n) is 5.78. The minimum Gasteiger partial charge on any atom is -0.371 e. The molecule has 1 aromatic carbocycles. The Balaban J connectivity index is 1.75. The van der Waals surface area contributed by atoms with Crippen LogP contribution < -0.4 is 15.5 Å². The van der Waals surface area contributed by atoms with Crippen LogP contribution in [0.15, 0.2) is 30.3 Å². The molecule has 0 aliphatic carbocycles. The minimum absolute atomic E-state index is 0.107. The standard InChI is InChI=1S/C17H27N3O/c1-3-11-18-17(21)14(2)19-15-9-12-20(13-10-15)16-7-5-4-6-8-16/h4-8,14-15,19H,3,9-13H2,1-2H3,(H,18,21). The van der Waals surface area contributed by atoms with E-state index in [1.807, 2.05) is 13.0 Å². The Hall–Kier alpha value is -1.55. The van der Waals surface area contributed by atoms with Crippen molar-refractivity contribution in [1.29, 1.82) is 0 Å². The van der Waals surface area contributed by atoms with Crippen LogP contribution in [0.2, 0.25) is 0 Å². The third-order valence-corrected chi connectivity index (χ3v) is 4.04. The van der Waals surface area contributed by atoms with Crippen LogP contribution in [-0.4, -0.2) is 37.6 Å². The number of nitrogens with zero attached hydrogens (tertiary/aromatic N) is 1. The lowest BCUT2D eigenvalue weighted by Crippen LogP contribution is -2.50. The highest BCUT2D eigenvalue weighted by atomic mass is 16.2. The van der Waals surface area contributed by atoms with Gasteiger partial charge in [-0.3, -0.25) is 4.79 Å². The van der Waals surface area contributed by atoms with Crippen molar-refractivity contribution in [2.45, 2.75) is 45.2 Å². The molecule has 1 heterocycles. The zero-order valence-corrected chi connectivity index (χ0v) is 13.1. The van der Waals surface area contributed by atoms with E-state index in [9.17, 15) is 4.79 Å². The van der Waals surface area contributed by atoms with Crippen molar-refractivity contribution in [3.63, 3.8) is 0 Å². The summed E-state index contributed by atoms with van der Waals surface area (Å²) >= 11 is 0. The summed E-state index contributed by atoms with van der Waals surface area (Å²) in [4.78, 5) is 14.3. The van der Waals surface area contributed by atoms with Gasteiger partial charge in [0, 0.05) is 31.4 Å². The zero-order valence-electron chi connectivity index (χ0n) is 13.1. The van der Waals surface area contributed by atoms with Gasteiger partial charge in [-0.1, -0.05) is 25.1 Å². The highest BCUT2D eigenvalue weighted by Crippen LogP contribution is 2.19. The Kier molecular flexibility index (Phi) is 6.05. The van der Waals surface area contributed by atoms with Crippen molar-refractivity contribution in [2.24, 2.45) is 0 Å². The molecular weight excluding hydrogens is 262 g/mol. The molecule has 2 N–H and O–H groups in total. The molecule has 1 saturated heterocycles. The molecule has 0 aromatic heterocycles. The number of carbonyl (C=O) groups excluding carboxylic acids is 1. The number of carbonyl (C=O) groups is 1. The number of amides is 1. The molecule has 4 heteroatoms. The fraction of sp³-hybridized carbons (Fsp3) is 0.588. The summed E-state index contributed by atoms with van der Waals surface area (Å²) < 4.78 is 0. The van der Waals surface area contributed by atoms with Crippen molar-refractivity contribution >= 4 is 11.6 Å². The lowest BCUT2D eigenvalue weighted by molar-refractivity contribution is -0.122. The largest absolute Gasteiger partial charge is 0.371 e. The van der Waals surface area contributed by atoms with Crippen LogP contribution in [-0.2, 0) is 4.79 Å². The third-order valence-electron chi connectivity index (χ3n) is 4.04. The van der Waals surface area contributed by atoms with Gasteiger partial charge in [0.15, 0.2) is 0 Å². The molecule has 0 saturated carbocycles. The predicted octanol–water partition coefficient (Wildman–Crippen LogP) is 2.16. The van der Waals surface area contributed by atoms with E-state index in [1.165, 1.54) is 5.69 Å². The van der Waals surface area contributed by atoms with Crippen LogP contribution in [0, 0.1) is 0 Å². The first kappa shape index (κ1) is 15.8. The van der Waals surface area contributed by atoms with E-state index in [1.54, 1.807) is 0 Å². The van der Waals surface area contributed by atoms with Crippen LogP contribution in [0.3, 0.4) is 0 Å². The van der Waals surface area contributed by atoms with Crippen LogP contribution in [0.25, 0.3) is 0 Å². The molecule has 116 valence electrons. The Morgan fingerprint density at radius 2 is 1.95 bits per heavy atom. The van der Waals surface area contributed by atoms with Gasteiger partial charge >= 0.3 is 0 Å². The smallest absolute Gasteiger partial charge is 0.236 e. The molecule has 2 rings (SSSR count). The molecule has 0 bridgehead atoms. The first-order valence-electron chi connectivity index (χ1n) is 8.04. The van der Waals surface area contributed by atoms with E-state index in [-0.39, 0.29) is 11.9 Å². The van der Waals surface area contributed by atoms with Crippen LogP contribution in [0.4, 0.5) is 5.69 Å². The summed E-state index contributed by atoms with van der Waals surface area (Å²) in [5, 5.41) is 6.41. The van der Waals surface area contributed by atoms with Crippen molar-refractivity contribution < 1.29 is 4.79 Å². The SMILES string of the molecule is CCCNC(=O)C(C)NC1CCN(c2ccccc2)CC1. The van der Waals surface area contributed by atoms with Crippen molar-refractivity contribution in [1.82, 2.24) is 10.6 Å². The Morgan fingerprint density at radius 3 is 2.57 bits per heavy atom. The van der Waals surface area contributed by atoms with E-state index in [0.29, 0.717) is 6.04 Å². The van der Waals surface area contributed by atoms with E-state index in [2.05, 4.69) is 46.7 Å². The minimum atomic E-state index is -0.107. The van der Waals surface area contributed by atoms with E-state index >= 15 is 0 Å². The zero-order chi connectivity index (χ0) is 15.1. The number of hydrogen-bond acceptors (Lipinski definition) is 3. The average Bonchev–Trinajstić information content (AvgIpc) is 2.54. The molecule has 4 nitrogen and oxygen atoms in total. The predicted molar refractivity (Wildman–Crippen MR) is 87.6 cm³/mol. The van der Waals surface area contributed by atoms with Crippen LogP contribution >= 0.6 is 0 Å². The number of rotatable bonds is 6. The summed E-state index contributed by atoms with van der Waals surface area (Å²) in [6, 6.07) is 10.9. The first-order chi connectivity index (χ1) is 10.2. The number of hydrogen-bond donors (Lipinski definition) is 2. The van der Waals surface area contributed by atoms with Crippen molar-refractivity contribution in [3.8, 4) is 0 Å². The summed E-state index contributed by atoms with van der Waals surface area (Å²) in [5.74, 6) is 0.113. The molecule has 0 spiro atoms. The molecule has 0 radical (unpaired) electrons. The molecule has 1 aliphatic rings. The number of benzene rings is 1. The van der Waals surface area contributed by atoms with Gasteiger partial charge < -0.3 is 15.5 Å². The monoisotopic (exact) mass is 289 g/mol. The topological polar surface area (TPSA) is 44.4 Å². The molecule has 1 atom stereocenters. The maximum absolute atomic E-state index is 11.9. The Labute approximate surface area is 127 Å². The lowest BCUT2D eigenvalue weighted by atomic mass is 10.0. The van der Waals surface area contributed by atoms with Gasteiger partial charge in [-0.05, 0) is 38.3 Å². The Morgan fingerprint density at radius 1 is 1.29 bits per heavy atom. The fourth-order valence-electron chi connectivity index (χ4n) is 2.77. The normalized spacial score (nSPS) is 17.5. The summed E-state index contributed by atoms with van der Waals surface area (Å²) in [7, 11) is 0. The van der Waals surface area contributed by atoms with Gasteiger partial charge in [-0.2, -0.15) is 0 Å². The van der Waals surface area contributed by atoms with E-state index in [0.717, 1.165) is 38.9 Å². The molecule has 21 heavy (non-hydrogen) atoms. The first-order valence-corrected chi connectivity index (χ1v) is 8.04. The number of para-hydroxylation sites is 1. The molecule has 1 aromatic rings. The van der Waals surface area contributed by atoms with Gasteiger partial charge in [0.05, 0.1) is 6.04 Å². The second kappa shape index (κ2) is 8.03. The maximum Gasteiger partial charge on any atom is 0.236 e. The molecule has 1 unspecified atom stereocenters. The lowest BCUT2D eigenvalue weighted by Gasteiger charge is -2.35. The van der Waals surface area contributed by atoms with Crippen molar-refractivity contribution in [3.05, 3.63) is 30.3 Å². The summed E-state index contributed by atoms with van der Waals surface area (Å²) in [6.45, 7) is 6.87. The van der Waals surface area contributed by atoms with E-state index in [4.69, 9.17) is 0 Å². The van der Waals surface area contributed by atoms with E-state index < -0.39 is 0 Å². The quantitative estimate of drug-likeness (QED) is 0.843. The van der Waals surface area contributed by atoms with Gasteiger partial charge in [0.2, 0.25) is 5.91 Å². The van der Waals surface area contributed by atoms with Gasteiger partial charge in [0.25, 0.3) is 0 Å². The van der Waals surface area contributed by atoms with Gasteiger partial charge in [-0.25, -0.2) is 0 Å². The van der Waals surface area contributed by atoms with Crippen LogP contribution in [0.5, 0.6) is 0 Å². The van der Waals surface area contributed by atoms with Gasteiger partial charge in [0.1, 0.15) is 0 Å².